The van der Waals surface area contributed by atoms with Crippen LogP contribution >= 0.6 is 11.3 Å². The average Bonchev–Trinajstić information content (AvgIpc) is 2.67. The normalized spacial score (nSPS) is 13.5. The molecule has 1 rings (SSSR count). The number of rotatable bonds is 8. The fraction of sp³-hybridized carbons (Fsp3) is 0.800. The van der Waals surface area contributed by atoms with E-state index in [1.165, 1.54) is 15.6 Å². The van der Waals surface area contributed by atoms with Gasteiger partial charge in [-0.2, -0.15) is 0 Å². The summed E-state index contributed by atoms with van der Waals surface area (Å²) < 4.78 is 5.33. The van der Waals surface area contributed by atoms with Crippen molar-refractivity contribution in [3.63, 3.8) is 0 Å². The molecule has 19 heavy (non-hydrogen) atoms. The maximum atomic E-state index is 5.33. The SMILES string of the molecule is COC(C)Cc1nc(CC(C)C)c(CNC(C)C)s1. The molecule has 0 aliphatic heterocycles. The predicted molar refractivity (Wildman–Crippen MR) is 82.8 cm³/mol. The van der Waals surface area contributed by atoms with Crippen LogP contribution in [-0.2, 0) is 24.1 Å². The van der Waals surface area contributed by atoms with E-state index >= 15 is 0 Å². The van der Waals surface area contributed by atoms with Crippen molar-refractivity contribution in [3.8, 4) is 0 Å². The lowest BCUT2D eigenvalue weighted by Gasteiger charge is -2.08. The second kappa shape index (κ2) is 7.98. The third-order valence-electron chi connectivity index (χ3n) is 2.96. The molecule has 1 atom stereocenters. The van der Waals surface area contributed by atoms with Crippen LogP contribution in [-0.4, -0.2) is 24.2 Å². The first kappa shape index (κ1) is 16.6. The van der Waals surface area contributed by atoms with Crippen molar-refractivity contribution in [3.05, 3.63) is 15.6 Å². The molecule has 1 heterocycles. The Morgan fingerprint density at radius 2 is 1.84 bits per heavy atom. The number of nitrogens with zero attached hydrogens (tertiary/aromatic N) is 1. The lowest BCUT2D eigenvalue weighted by molar-refractivity contribution is 0.118. The summed E-state index contributed by atoms with van der Waals surface area (Å²) in [7, 11) is 1.76. The van der Waals surface area contributed by atoms with E-state index < -0.39 is 0 Å². The fourth-order valence-corrected chi connectivity index (χ4v) is 3.00. The number of thiazole rings is 1. The highest BCUT2D eigenvalue weighted by molar-refractivity contribution is 7.11. The smallest absolute Gasteiger partial charge is 0.0957 e. The van der Waals surface area contributed by atoms with Gasteiger partial charge in [-0.25, -0.2) is 4.98 Å². The molecule has 0 saturated heterocycles. The summed E-state index contributed by atoms with van der Waals surface area (Å²) in [6.07, 6.45) is 2.21. The highest BCUT2D eigenvalue weighted by atomic mass is 32.1. The first-order chi connectivity index (χ1) is 8.92. The highest BCUT2D eigenvalue weighted by Crippen LogP contribution is 2.23. The molecule has 1 N–H and O–H groups in total. The van der Waals surface area contributed by atoms with Gasteiger partial charge in [0, 0.05) is 31.0 Å². The minimum Gasteiger partial charge on any atom is -0.381 e. The third-order valence-corrected chi connectivity index (χ3v) is 4.08. The zero-order valence-corrected chi connectivity index (χ0v) is 13.9. The molecule has 0 aliphatic carbocycles. The number of nitrogens with one attached hydrogen (secondary N) is 1. The van der Waals surface area contributed by atoms with Crippen LogP contribution < -0.4 is 5.32 Å². The minimum absolute atomic E-state index is 0.240. The predicted octanol–water partition coefficient (Wildman–Crippen LogP) is 3.42. The van der Waals surface area contributed by atoms with Crippen molar-refractivity contribution >= 4 is 11.3 Å². The minimum atomic E-state index is 0.240. The molecule has 110 valence electrons. The van der Waals surface area contributed by atoms with Gasteiger partial charge in [0.05, 0.1) is 16.8 Å². The molecule has 0 spiro atoms. The summed E-state index contributed by atoms with van der Waals surface area (Å²) in [6.45, 7) is 11.9. The monoisotopic (exact) mass is 284 g/mol. The van der Waals surface area contributed by atoms with Gasteiger partial charge < -0.3 is 10.1 Å². The first-order valence-electron chi connectivity index (χ1n) is 7.16. The summed E-state index contributed by atoms with van der Waals surface area (Å²) in [6, 6.07) is 0.510. The molecule has 1 unspecified atom stereocenters. The van der Waals surface area contributed by atoms with Crippen molar-refractivity contribution in [2.24, 2.45) is 5.92 Å². The summed E-state index contributed by atoms with van der Waals surface area (Å²) in [5, 5.41) is 4.69. The lowest BCUT2D eigenvalue weighted by Crippen LogP contribution is -2.22. The van der Waals surface area contributed by atoms with Gasteiger partial charge in [0.15, 0.2) is 0 Å². The Hall–Kier alpha value is -0.450. The van der Waals surface area contributed by atoms with Gasteiger partial charge in [-0.05, 0) is 19.3 Å². The van der Waals surface area contributed by atoms with E-state index in [1.54, 1.807) is 7.11 Å². The van der Waals surface area contributed by atoms with E-state index in [0.29, 0.717) is 12.0 Å². The summed E-state index contributed by atoms with van der Waals surface area (Å²) >= 11 is 1.83. The Kier molecular flexibility index (Phi) is 6.97. The van der Waals surface area contributed by atoms with Crippen molar-refractivity contribution in [1.29, 1.82) is 0 Å². The van der Waals surface area contributed by atoms with Crippen LogP contribution in [0.2, 0.25) is 0 Å². The molecule has 0 fully saturated rings. The van der Waals surface area contributed by atoms with Crippen molar-refractivity contribution in [2.75, 3.05) is 7.11 Å². The largest absolute Gasteiger partial charge is 0.381 e. The topological polar surface area (TPSA) is 34.1 Å². The highest BCUT2D eigenvalue weighted by Gasteiger charge is 2.14. The Morgan fingerprint density at radius 3 is 2.37 bits per heavy atom. The molecule has 0 amide bonds. The van der Waals surface area contributed by atoms with E-state index in [9.17, 15) is 0 Å². The zero-order valence-electron chi connectivity index (χ0n) is 13.1. The van der Waals surface area contributed by atoms with E-state index in [1.807, 2.05) is 11.3 Å². The summed E-state index contributed by atoms with van der Waals surface area (Å²) in [5.41, 5.74) is 1.27. The van der Waals surface area contributed by atoms with Crippen LogP contribution in [0.3, 0.4) is 0 Å². The second-order valence-electron chi connectivity index (χ2n) is 5.86. The Bertz CT molecular complexity index is 374. The number of hydrogen-bond acceptors (Lipinski definition) is 4. The van der Waals surface area contributed by atoms with Gasteiger partial charge in [0.25, 0.3) is 0 Å². The van der Waals surface area contributed by atoms with Crippen LogP contribution in [0.15, 0.2) is 0 Å². The molecular formula is C15H28N2OS. The van der Waals surface area contributed by atoms with E-state index in [-0.39, 0.29) is 6.10 Å². The Balaban J connectivity index is 2.79. The van der Waals surface area contributed by atoms with Gasteiger partial charge in [0.2, 0.25) is 0 Å². The molecule has 3 nitrogen and oxygen atoms in total. The van der Waals surface area contributed by atoms with E-state index in [4.69, 9.17) is 9.72 Å². The van der Waals surface area contributed by atoms with Crippen LogP contribution in [0.5, 0.6) is 0 Å². The maximum Gasteiger partial charge on any atom is 0.0957 e. The maximum absolute atomic E-state index is 5.33. The average molecular weight is 284 g/mol. The van der Waals surface area contributed by atoms with Gasteiger partial charge in [-0.15, -0.1) is 11.3 Å². The van der Waals surface area contributed by atoms with Gasteiger partial charge in [0.1, 0.15) is 0 Å². The number of hydrogen-bond donors (Lipinski definition) is 1. The number of methoxy groups -OCH3 is 1. The van der Waals surface area contributed by atoms with Gasteiger partial charge in [-0.1, -0.05) is 27.7 Å². The molecule has 0 aromatic carbocycles. The molecule has 0 saturated carbocycles. The molecule has 4 heteroatoms. The van der Waals surface area contributed by atoms with Crippen molar-refractivity contribution < 1.29 is 4.74 Å². The van der Waals surface area contributed by atoms with E-state index in [0.717, 1.165) is 19.4 Å². The van der Waals surface area contributed by atoms with Crippen molar-refractivity contribution in [2.45, 2.75) is 66.2 Å². The van der Waals surface area contributed by atoms with Crippen LogP contribution in [0.4, 0.5) is 0 Å². The molecule has 0 radical (unpaired) electrons. The Morgan fingerprint density at radius 1 is 1.16 bits per heavy atom. The van der Waals surface area contributed by atoms with Crippen molar-refractivity contribution in [1.82, 2.24) is 10.3 Å². The fourth-order valence-electron chi connectivity index (χ4n) is 1.83. The van der Waals surface area contributed by atoms with Gasteiger partial charge >= 0.3 is 0 Å². The molecular weight excluding hydrogens is 256 g/mol. The van der Waals surface area contributed by atoms with E-state index in [2.05, 4.69) is 39.9 Å². The van der Waals surface area contributed by atoms with Gasteiger partial charge in [-0.3, -0.25) is 0 Å². The first-order valence-corrected chi connectivity index (χ1v) is 7.97. The summed E-state index contributed by atoms with van der Waals surface area (Å²) in [5.74, 6) is 0.646. The lowest BCUT2D eigenvalue weighted by atomic mass is 10.1. The Labute approximate surface area is 121 Å². The third kappa shape index (κ3) is 6.02. The zero-order chi connectivity index (χ0) is 14.4. The van der Waals surface area contributed by atoms with Crippen LogP contribution in [0.25, 0.3) is 0 Å². The number of ether oxygens (including phenoxy) is 1. The second-order valence-corrected chi connectivity index (χ2v) is 7.03. The standard InChI is InChI=1S/C15H28N2OS/c1-10(2)7-13-14(9-16-11(3)4)19-15(17-13)8-12(5)18-6/h10-12,16H,7-9H2,1-6H3. The van der Waals surface area contributed by atoms with Crippen LogP contribution in [0, 0.1) is 5.92 Å². The molecule has 0 bridgehead atoms. The molecule has 1 aromatic heterocycles. The quantitative estimate of drug-likeness (QED) is 0.794. The molecule has 1 aromatic rings. The van der Waals surface area contributed by atoms with Crippen LogP contribution in [0.1, 0.15) is 50.2 Å². The molecule has 0 aliphatic rings. The summed E-state index contributed by atoms with van der Waals surface area (Å²) in [4.78, 5) is 6.20. The number of aromatic nitrogens is 1.